The van der Waals surface area contributed by atoms with Gasteiger partial charge in [-0.1, -0.05) is 25.1 Å². The van der Waals surface area contributed by atoms with Gasteiger partial charge in [0.25, 0.3) is 0 Å². The summed E-state index contributed by atoms with van der Waals surface area (Å²) in [5.74, 6) is 0.830. The molecule has 0 aliphatic rings. The molecule has 32 heavy (non-hydrogen) atoms. The van der Waals surface area contributed by atoms with Crippen LogP contribution in [0.4, 0.5) is 0 Å². The van der Waals surface area contributed by atoms with E-state index in [0.29, 0.717) is 13.0 Å². The fraction of sp³-hybridized carbons (Fsp3) is 0.333. The second kappa shape index (κ2) is 11.3. The highest BCUT2D eigenvalue weighted by atomic mass is 16.5. The summed E-state index contributed by atoms with van der Waals surface area (Å²) in [5.41, 5.74) is 5.24. The first-order valence-electron chi connectivity index (χ1n) is 11.1. The fourth-order valence-electron chi connectivity index (χ4n) is 3.52. The van der Waals surface area contributed by atoms with Crippen molar-refractivity contribution in [2.45, 2.75) is 52.6 Å². The smallest absolute Gasteiger partial charge is 0.303 e. The molecule has 1 heterocycles. The van der Waals surface area contributed by atoms with E-state index in [9.17, 15) is 4.79 Å². The van der Waals surface area contributed by atoms with Gasteiger partial charge in [0.15, 0.2) is 0 Å². The molecule has 3 rings (SSSR count). The maximum absolute atomic E-state index is 10.8. The second-order valence-corrected chi connectivity index (χ2v) is 7.95. The van der Waals surface area contributed by atoms with Crippen molar-refractivity contribution in [3.63, 3.8) is 0 Å². The van der Waals surface area contributed by atoms with Crippen LogP contribution in [-0.2, 0) is 17.6 Å². The quantitative estimate of drug-likeness (QED) is 0.409. The van der Waals surface area contributed by atoms with Gasteiger partial charge in [0.2, 0.25) is 0 Å². The van der Waals surface area contributed by atoms with Crippen LogP contribution >= 0.6 is 0 Å². The van der Waals surface area contributed by atoms with Gasteiger partial charge in [0, 0.05) is 24.6 Å². The Morgan fingerprint density at radius 1 is 1.12 bits per heavy atom. The van der Waals surface area contributed by atoms with Crippen LogP contribution in [0.15, 0.2) is 60.8 Å². The summed E-state index contributed by atoms with van der Waals surface area (Å²) in [7, 11) is 0. The SMILES string of the molecule is CCc1ccc(OC(C)CCOc2ccc(CCC(=O)O)c(C)c2)c(-c2ccccn2)c1. The largest absolute Gasteiger partial charge is 0.493 e. The van der Waals surface area contributed by atoms with Gasteiger partial charge in [0.1, 0.15) is 11.5 Å². The zero-order valence-electron chi connectivity index (χ0n) is 19.0. The second-order valence-electron chi connectivity index (χ2n) is 7.95. The molecule has 0 saturated carbocycles. The van der Waals surface area contributed by atoms with Crippen LogP contribution in [0.5, 0.6) is 11.5 Å². The van der Waals surface area contributed by atoms with Crippen molar-refractivity contribution in [1.29, 1.82) is 0 Å². The van der Waals surface area contributed by atoms with Gasteiger partial charge < -0.3 is 14.6 Å². The van der Waals surface area contributed by atoms with Crippen molar-refractivity contribution in [2.75, 3.05) is 6.61 Å². The average molecular weight is 434 g/mol. The minimum atomic E-state index is -0.783. The van der Waals surface area contributed by atoms with Crippen molar-refractivity contribution < 1.29 is 19.4 Å². The third-order valence-electron chi connectivity index (χ3n) is 5.44. The molecule has 0 radical (unpaired) electrons. The van der Waals surface area contributed by atoms with Crippen LogP contribution in [-0.4, -0.2) is 28.8 Å². The zero-order chi connectivity index (χ0) is 22.9. The Bertz CT molecular complexity index is 1030. The molecule has 5 nitrogen and oxygen atoms in total. The average Bonchev–Trinajstić information content (AvgIpc) is 2.79. The Labute approximate surface area is 190 Å². The molecule has 1 atom stereocenters. The maximum Gasteiger partial charge on any atom is 0.303 e. The number of rotatable bonds is 11. The van der Waals surface area contributed by atoms with Crippen molar-refractivity contribution in [1.82, 2.24) is 4.98 Å². The molecule has 0 saturated heterocycles. The van der Waals surface area contributed by atoms with E-state index in [0.717, 1.165) is 46.7 Å². The number of carbonyl (C=O) groups is 1. The van der Waals surface area contributed by atoms with Gasteiger partial charge >= 0.3 is 5.97 Å². The summed E-state index contributed by atoms with van der Waals surface area (Å²) in [4.78, 5) is 15.3. The van der Waals surface area contributed by atoms with E-state index in [1.54, 1.807) is 6.20 Å². The maximum atomic E-state index is 10.8. The van der Waals surface area contributed by atoms with Crippen LogP contribution in [0, 0.1) is 6.92 Å². The molecule has 3 aromatic rings. The first kappa shape index (κ1) is 23.3. The number of aryl methyl sites for hydroxylation is 3. The minimum Gasteiger partial charge on any atom is -0.493 e. The number of carboxylic acids is 1. The number of aromatic nitrogens is 1. The van der Waals surface area contributed by atoms with E-state index in [2.05, 4.69) is 24.0 Å². The molecule has 0 amide bonds. The molecular weight excluding hydrogens is 402 g/mol. The fourth-order valence-corrected chi connectivity index (χ4v) is 3.52. The van der Waals surface area contributed by atoms with E-state index in [-0.39, 0.29) is 12.5 Å². The third-order valence-corrected chi connectivity index (χ3v) is 5.44. The number of hydrogen-bond acceptors (Lipinski definition) is 4. The lowest BCUT2D eigenvalue weighted by Crippen LogP contribution is -2.16. The molecule has 168 valence electrons. The molecule has 0 aliphatic heterocycles. The molecule has 2 aromatic carbocycles. The normalized spacial score (nSPS) is 11.7. The van der Waals surface area contributed by atoms with Crippen molar-refractivity contribution in [3.05, 3.63) is 77.5 Å². The predicted molar refractivity (Wildman–Crippen MR) is 126 cm³/mol. The van der Waals surface area contributed by atoms with E-state index < -0.39 is 5.97 Å². The van der Waals surface area contributed by atoms with Gasteiger partial charge in [-0.25, -0.2) is 0 Å². The lowest BCUT2D eigenvalue weighted by molar-refractivity contribution is -0.136. The highest BCUT2D eigenvalue weighted by Gasteiger charge is 2.12. The molecule has 0 spiro atoms. The molecule has 1 unspecified atom stereocenters. The van der Waals surface area contributed by atoms with Crippen LogP contribution in [0.2, 0.25) is 0 Å². The molecular formula is C27H31NO4. The van der Waals surface area contributed by atoms with Gasteiger partial charge in [-0.2, -0.15) is 0 Å². The Hall–Kier alpha value is -3.34. The number of carboxylic acid groups (broad SMARTS) is 1. The Kier molecular flexibility index (Phi) is 8.26. The molecule has 1 aromatic heterocycles. The first-order chi connectivity index (χ1) is 15.5. The number of nitrogens with zero attached hydrogens (tertiary/aromatic N) is 1. The van der Waals surface area contributed by atoms with Gasteiger partial charge in [-0.3, -0.25) is 9.78 Å². The number of aliphatic carboxylic acids is 1. The number of hydrogen-bond donors (Lipinski definition) is 1. The zero-order valence-corrected chi connectivity index (χ0v) is 19.0. The summed E-state index contributed by atoms with van der Waals surface area (Å²) in [6.45, 7) is 6.69. The summed E-state index contributed by atoms with van der Waals surface area (Å²) >= 11 is 0. The number of pyridine rings is 1. The molecule has 1 N–H and O–H groups in total. The minimum absolute atomic E-state index is 0.0270. The summed E-state index contributed by atoms with van der Waals surface area (Å²) in [6.07, 6.45) is 4.12. The lowest BCUT2D eigenvalue weighted by Gasteiger charge is -2.18. The topological polar surface area (TPSA) is 68.7 Å². The molecule has 0 bridgehead atoms. The highest BCUT2D eigenvalue weighted by molar-refractivity contribution is 5.68. The molecule has 0 aliphatic carbocycles. The summed E-state index contributed by atoms with van der Waals surface area (Å²) in [5, 5.41) is 8.86. The van der Waals surface area contributed by atoms with Gasteiger partial charge in [-0.05, 0) is 79.8 Å². The summed E-state index contributed by atoms with van der Waals surface area (Å²) in [6, 6.07) is 18.0. The van der Waals surface area contributed by atoms with Crippen LogP contribution in [0.1, 0.15) is 43.4 Å². The van der Waals surface area contributed by atoms with E-state index in [1.807, 2.05) is 56.3 Å². The Morgan fingerprint density at radius 3 is 2.66 bits per heavy atom. The predicted octanol–water partition coefficient (Wildman–Crippen LogP) is 5.87. The highest BCUT2D eigenvalue weighted by Crippen LogP contribution is 2.31. The van der Waals surface area contributed by atoms with Crippen molar-refractivity contribution in [3.8, 4) is 22.8 Å². The number of benzene rings is 2. The standard InChI is InChI=1S/C27H31NO4/c1-4-21-8-12-26(24(18-21)25-7-5-6-15-28-25)32-20(3)14-16-31-23-11-9-22(19(2)17-23)10-13-27(29)30/h5-9,11-12,15,17-18,20H,4,10,13-14,16H2,1-3H3,(H,29,30). The third kappa shape index (κ3) is 6.58. The number of ether oxygens (including phenoxy) is 2. The lowest BCUT2D eigenvalue weighted by atomic mass is 10.0. The monoisotopic (exact) mass is 433 g/mol. The summed E-state index contributed by atoms with van der Waals surface area (Å²) < 4.78 is 12.2. The molecule has 5 heteroatoms. The van der Waals surface area contributed by atoms with E-state index in [4.69, 9.17) is 14.6 Å². The van der Waals surface area contributed by atoms with Crippen molar-refractivity contribution in [2.24, 2.45) is 0 Å². The van der Waals surface area contributed by atoms with Crippen LogP contribution in [0.25, 0.3) is 11.3 Å². The van der Waals surface area contributed by atoms with E-state index >= 15 is 0 Å². The van der Waals surface area contributed by atoms with Gasteiger partial charge in [0.05, 0.1) is 18.4 Å². The van der Waals surface area contributed by atoms with Crippen LogP contribution in [0.3, 0.4) is 0 Å². The first-order valence-corrected chi connectivity index (χ1v) is 11.1. The Balaban J connectivity index is 1.58. The van der Waals surface area contributed by atoms with E-state index in [1.165, 1.54) is 5.56 Å². The Morgan fingerprint density at radius 2 is 1.97 bits per heavy atom. The van der Waals surface area contributed by atoms with Crippen molar-refractivity contribution >= 4 is 5.97 Å². The molecule has 0 fully saturated rings. The van der Waals surface area contributed by atoms with Crippen LogP contribution < -0.4 is 9.47 Å². The van der Waals surface area contributed by atoms with Gasteiger partial charge in [-0.15, -0.1) is 0 Å².